The molecule has 0 aromatic heterocycles. The summed E-state index contributed by atoms with van der Waals surface area (Å²) in [7, 11) is 0. The summed E-state index contributed by atoms with van der Waals surface area (Å²) in [6.07, 6.45) is 3.18. The maximum absolute atomic E-state index is 12.8. The number of rotatable bonds is 4. The topological polar surface area (TPSA) is 55.8 Å². The van der Waals surface area contributed by atoms with E-state index in [4.69, 9.17) is 9.47 Å². The van der Waals surface area contributed by atoms with Gasteiger partial charge in [-0.05, 0) is 57.9 Å². The summed E-state index contributed by atoms with van der Waals surface area (Å²) in [5.41, 5.74) is 0.0627. The van der Waals surface area contributed by atoms with Gasteiger partial charge in [-0.3, -0.25) is 4.79 Å². The van der Waals surface area contributed by atoms with Gasteiger partial charge in [-0.25, -0.2) is 4.79 Å². The Balaban J connectivity index is 1.56. The SMILES string of the molecule is CC(C)(C)OC(=O)C1(C2CC2)CCN(C(=O)OCc2ccccc2)CC1. The van der Waals surface area contributed by atoms with Crippen LogP contribution in [0.2, 0.25) is 0 Å². The fourth-order valence-corrected chi connectivity index (χ4v) is 3.69. The van der Waals surface area contributed by atoms with Gasteiger partial charge in [0.15, 0.2) is 0 Å². The summed E-state index contributed by atoms with van der Waals surface area (Å²) in [6.45, 7) is 7.08. The van der Waals surface area contributed by atoms with E-state index < -0.39 is 11.0 Å². The molecule has 1 amide bonds. The van der Waals surface area contributed by atoms with Gasteiger partial charge in [0.2, 0.25) is 0 Å². The predicted octanol–water partition coefficient (Wildman–Crippen LogP) is 4.16. The lowest BCUT2D eigenvalue weighted by molar-refractivity contribution is -0.172. The lowest BCUT2D eigenvalue weighted by Crippen LogP contribution is -2.49. The van der Waals surface area contributed by atoms with Crippen LogP contribution in [0.5, 0.6) is 0 Å². The number of amides is 1. The standard InChI is InChI=1S/C21H29NO4/c1-20(2,3)26-18(23)21(17-9-10-17)11-13-22(14-12-21)19(24)25-15-16-7-5-4-6-8-16/h4-8,17H,9-15H2,1-3H3. The molecule has 1 aliphatic heterocycles. The zero-order chi connectivity index (χ0) is 18.8. The molecule has 1 saturated heterocycles. The van der Waals surface area contributed by atoms with E-state index in [1.54, 1.807) is 4.90 Å². The van der Waals surface area contributed by atoms with Crippen LogP contribution in [0.4, 0.5) is 4.79 Å². The second kappa shape index (κ2) is 7.29. The molecule has 142 valence electrons. The molecule has 2 aliphatic rings. The van der Waals surface area contributed by atoms with E-state index in [0.29, 0.717) is 31.8 Å². The van der Waals surface area contributed by atoms with Crippen LogP contribution < -0.4 is 0 Å². The molecule has 0 atom stereocenters. The minimum absolute atomic E-state index is 0.0928. The van der Waals surface area contributed by atoms with E-state index in [-0.39, 0.29) is 18.7 Å². The normalized spacial score (nSPS) is 19.7. The maximum atomic E-state index is 12.8. The smallest absolute Gasteiger partial charge is 0.410 e. The number of carbonyl (C=O) groups excluding carboxylic acids is 2. The van der Waals surface area contributed by atoms with Gasteiger partial charge in [-0.1, -0.05) is 30.3 Å². The van der Waals surface area contributed by atoms with Crippen molar-refractivity contribution in [1.29, 1.82) is 0 Å². The van der Waals surface area contributed by atoms with Crippen LogP contribution in [0.1, 0.15) is 52.0 Å². The number of nitrogens with zero attached hydrogens (tertiary/aromatic N) is 1. The van der Waals surface area contributed by atoms with Crippen molar-refractivity contribution in [3.63, 3.8) is 0 Å². The Labute approximate surface area is 155 Å². The minimum Gasteiger partial charge on any atom is -0.460 e. The van der Waals surface area contributed by atoms with Crippen molar-refractivity contribution in [3.8, 4) is 0 Å². The van der Waals surface area contributed by atoms with Crippen LogP contribution in [0.3, 0.4) is 0 Å². The summed E-state index contributed by atoms with van der Waals surface area (Å²) in [6, 6.07) is 9.65. The number of benzene rings is 1. The fraction of sp³-hybridized carbons (Fsp3) is 0.619. The lowest BCUT2D eigenvalue weighted by atomic mass is 9.74. The molecule has 0 N–H and O–H groups in total. The van der Waals surface area contributed by atoms with E-state index in [1.807, 2.05) is 51.1 Å². The third-order valence-electron chi connectivity index (χ3n) is 5.28. The van der Waals surface area contributed by atoms with Gasteiger partial charge in [-0.15, -0.1) is 0 Å². The first-order chi connectivity index (χ1) is 12.3. The Morgan fingerprint density at radius 2 is 1.73 bits per heavy atom. The molecule has 0 bridgehead atoms. The Hall–Kier alpha value is -2.04. The molecule has 26 heavy (non-hydrogen) atoms. The first-order valence-electron chi connectivity index (χ1n) is 9.49. The first-order valence-corrected chi connectivity index (χ1v) is 9.49. The predicted molar refractivity (Wildman–Crippen MR) is 98.4 cm³/mol. The highest BCUT2D eigenvalue weighted by molar-refractivity contribution is 5.79. The van der Waals surface area contributed by atoms with Crippen LogP contribution in [0, 0.1) is 11.3 Å². The van der Waals surface area contributed by atoms with Crippen molar-refractivity contribution >= 4 is 12.1 Å². The average molecular weight is 359 g/mol. The number of piperidine rings is 1. The summed E-state index contributed by atoms with van der Waals surface area (Å²) >= 11 is 0. The van der Waals surface area contributed by atoms with E-state index >= 15 is 0 Å². The third kappa shape index (κ3) is 4.37. The Bertz CT molecular complexity index is 638. The molecule has 5 nitrogen and oxygen atoms in total. The van der Waals surface area contributed by atoms with Gasteiger partial charge in [0.05, 0.1) is 5.41 Å². The fourth-order valence-electron chi connectivity index (χ4n) is 3.69. The molecule has 0 radical (unpaired) electrons. The number of likely N-dealkylation sites (tertiary alicyclic amines) is 1. The molecule has 1 saturated carbocycles. The molecule has 1 aliphatic carbocycles. The first kappa shape index (κ1) is 18.7. The molecule has 2 fully saturated rings. The number of ether oxygens (including phenoxy) is 2. The zero-order valence-electron chi connectivity index (χ0n) is 16.0. The van der Waals surface area contributed by atoms with Crippen molar-refractivity contribution in [2.24, 2.45) is 11.3 Å². The number of hydrogen-bond donors (Lipinski definition) is 0. The molecule has 1 aromatic rings. The summed E-state index contributed by atoms with van der Waals surface area (Å²) < 4.78 is 11.1. The molecule has 3 rings (SSSR count). The number of esters is 1. The van der Waals surface area contributed by atoms with E-state index in [9.17, 15) is 9.59 Å². The van der Waals surface area contributed by atoms with Crippen molar-refractivity contribution in [3.05, 3.63) is 35.9 Å². The molecular formula is C21H29NO4. The monoisotopic (exact) mass is 359 g/mol. The molecular weight excluding hydrogens is 330 g/mol. The van der Waals surface area contributed by atoms with Crippen LogP contribution in [0.25, 0.3) is 0 Å². The van der Waals surface area contributed by atoms with Gasteiger partial charge in [0.1, 0.15) is 12.2 Å². The largest absolute Gasteiger partial charge is 0.460 e. The zero-order valence-corrected chi connectivity index (χ0v) is 16.0. The van der Waals surface area contributed by atoms with Crippen molar-refractivity contribution in [1.82, 2.24) is 4.90 Å². The van der Waals surface area contributed by atoms with Gasteiger partial charge >= 0.3 is 12.1 Å². The highest BCUT2D eigenvalue weighted by atomic mass is 16.6. The van der Waals surface area contributed by atoms with Crippen LogP contribution in [0.15, 0.2) is 30.3 Å². The lowest BCUT2D eigenvalue weighted by Gasteiger charge is -2.41. The van der Waals surface area contributed by atoms with Gasteiger partial charge < -0.3 is 14.4 Å². The van der Waals surface area contributed by atoms with Crippen molar-refractivity contribution in [2.75, 3.05) is 13.1 Å². The second-order valence-electron chi connectivity index (χ2n) is 8.46. The molecule has 1 heterocycles. The van der Waals surface area contributed by atoms with E-state index in [1.165, 1.54) is 0 Å². The van der Waals surface area contributed by atoms with Gasteiger partial charge in [-0.2, -0.15) is 0 Å². The van der Waals surface area contributed by atoms with Crippen LogP contribution in [-0.2, 0) is 20.9 Å². The third-order valence-corrected chi connectivity index (χ3v) is 5.28. The Morgan fingerprint density at radius 1 is 1.12 bits per heavy atom. The van der Waals surface area contributed by atoms with Crippen LogP contribution in [-0.4, -0.2) is 35.7 Å². The number of carbonyl (C=O) groups is 2. The molecule has 0 spiro atoms. The van der Waals surface area contributed by atoms with Crippen molar-refractivity contribution in [2.45, 2.75) is 58.7 Å². The highest BCUT2D eigenvalue weighted by Crippen LogP contribution is 2.52. The summed E-state index contributed by atoms with van der Waals surface area (Å²) in [5.74, 6) is 0.310. The maximum Gasteiger partial charge on any atom is 0.410 e. The summed E-state index contributed by atoms with van der Waals surface area (Å²) in [5, 5.41) is 0. The van der Waals surface area contributed by atoms with E-state index in [0.717, 1.165) is 18.4 Å². The summed E-state index contributed by atoms with van der Waals surface area (Å²) in [4.78, 5) is 26.9. The second-order valence-corrected chi connectivity index (χ2v) is 8.46. The highest BCUT2D eigenvalue weighted by Gasteiger charge is 2.54. The van der Waals surface area contributed by atoms with Gasteiger partial charge in [0.25, 0.3) is 0 Å². The van der Waals surface area contributed by atoms with Crippen LogP contribution >= 0.6 is 0 Å². The average Bonchev–Trinajstić information content (AvgIpc) is 3.44. The molecule has 5 heteroatoms. The molecule has 0 unspecified atom stereocenters. The Kier molecular flexibility index (Phi) is 5.26. The number of hydrogen-bond acceptors (Lipinski definition) is 4. The quantitative estimate of drug-likeness (QED) is 0.758. The van der Waals surface area contributed by atoms with Crippen molar-refractivity contribution < 1.29 is 19.1 Å². The van der Waals surface area contributed by atoms with Gasteiger partial charge in [0, 0.05) is 13.1 Å². The molecule has 1 aromatic carbocycles. The minimum atomic E-state index is -0.481. The van der Waals surface area contributed by atoms with E-state index in [2.05, 4.69) is 0 Å². The Morgan fingerprint density at radius 3 is 2.27 bits per heavy atom.